The van der Waals surface area contributed by atoms with Gasteiger partial charge in [-0.3, -0.25) is 4.79 Å². The molecule has 0 spiro atoms. The lowest BCUT2D eigenvalue weighted by Crippen LogP contribution is -2.47. The first kappa shape index (κ1) is 16.0. The molecule has 0 saturated heterocycles. The Balaban J connectivity index is 1.82. The predicted molar refractivity (Wildman–Crippen MR) is 86.9 cm³/mol. The average Bonchev–Trinajstić information content (AvgIpc) is 2.77. The standard InChI is InChI=1S/C18H28N2O/c1-14(16-11-7-2-3-8-12-16)20-18(21)17(19)13-15-9-5-4-6-10-15/h4-6,9-10,14,16-17H,2-3,7-8,11-13,19H2,1H3,(H,20,21)/t14-,17+/m1/s1. The molecule has 1 aliphatic rings. The van der Waals surface area contributed by atoms with Crippen LogP contribution in [0.15, 0.2) is 30.3 Å². The molecule has 0 bridgehead atoms. The van der Waals surface area contributed by atoms with E-state index in [2.05, 4.69) is 12.2 Å². The molecule has 21 heavy (non-hydrogen) atoms. The molecule has 1 aliphatic carbocycles. The highest BCUT2D eigenvalue weighted by molar-refractivity contribution is 5.82. The number of hydrogen-bond acceptors (Lipinski definition) is 2. The highest BCUT2D eigenvalue weighted by Gasteiger charge is 2.22. The number of carbonyl (C=O) groups excluding carboxylic acids is 1. The summed E-state index contributed by atoms with van der Waals surface area (Å²) in [6.07, 6.45) is 8.33. The third-order valence-electron chi connectivity index (χ3n) is 4.61. The van der Waals surface area contributed by atoms with Crippen LogP contribution in [0, 0.1) is 5.92 Å². The minimum absolute atomic E-state index is 0.0180. The van der Waals surface area contributed by atoms with Crippen LogP contribution in [0.5, 0.6) is 0 Å². The van der Waals surface area contributed by atoms with Crippen LogP contribution in [0.2, 0.25) is 0 Å². The molecule has 0 aromatic heterocycles. The van der Waals surface area contributed by atoms with Crippen molar-refractivity contribution in [3.05, 3.63) is 35.9 Å². The van der Waals surface area contributed by atoms with E-state index in [9.17, 15) is 4.79 Å². The lowest BCUT2D eigenvalue weighted by atomic mass is 9.92. The van der Waals surface area contributed by atoms with E-state index in [1.165, 1.54) is 38.5 Å². The quantitative estimate of drug-likeness (QED) is 0.818. The molecule has 0 heterocycles. The third kappa shape index (κ3) is 5.16. The number of hydrogen-bond donors (Lipinski definition) is 2. The van der Waals surface area contributed by atoms with Crippen molar-refractivity contribution < 1.29 is 4.79 Å². The maximum Gasteiger partial charge on any atom is 0.237 e. The van der Waals surface area contributed by atoms with Gasteiger partial charge in [-0.25, -0.2) is 0 Å². The van der Waals surface area contributed by atoms with Crippen molar-refractivity contribution in [3.8, 4) is 0 Å². The van der Waals surface area contributed by atoms with E-state index < -0.39 is 6.04 Å². The molecule has 1 amide bonds. The Hall–Kier alpha value is -1.35. The van der Waals surface area contributed by atoms with Crippen molar-refractivity contribution in [1.82, 2.24) is 5.32 Å². The summed E-state index contributed by atoms with van der Waals surface area (Å²) < 4.78 is 0. The fourth-order valence-electron chi connectivity index (χ4n) is 3.22. The van der Waals surface area contributed by atoms with E-state index in [0.717, 1.165) is 5.56 Å². The Kier molecular flexibility index (Phi) is 6.24. The van der Waals surface area contributed by atoms with Crippen molar-refractivity contribution >= 4 is 5.91 Å². The zero-order valence-electron chi connectivity index (χ0n) is 13.1. The lowest BCUT2D eigenvalue weighted by Gasteiger charge is -2.25. The first-order valence-electron chi connectivity index (χ1n) is 8.26. The summed E-state index contributed by atoms with van der Waals surface area (Å²) in [7, 11) is 0. The van der Waals surface area contributed by atoms with E-state index >= 15 is 0 Å². The zero-order chi connectivity index (χ0) is 15.1. The third-order valence-corrected chi connectivity index (χ3v) is 4.61. The lowest BCUT2D eigenvalue weighted by molar-refractivity contribution is -0.123. The molecule has 0 radical (unpaired) electrons. The highest BCUT2D eigenvalue weighted by atomic mass is 16.2. The van der Waals surface area contributed by atoms with Gasteiger partial charge in [-0.05, 0) is 37.7 Å². The monoisotopic (exact) mass is 288 g/mol. The highest BCUT2D eigenvalue weighted by Crippen LogP contribution is 2.25. The van der Waals surface area contributed by atoms with Crippen LogP contribution in [0.1, 0.15) is 51.0 Å². The Morgan fingerprint density at radius 2 is 1.81 bits per heavy atom. The molecule has 116 valence electrons. The molecule has 2 atom stereocenters. The number of benzene rings is 1. The number of rotatable bonds is 5. The van der Waals surface area contributed by atoms with E-state index in [4.69, 9.17) is 5.73 Å². The predicted octanol–water partition coefficient (Wildman–Crippen LogP) is 3.03. The Morgan fingerprint density at radius 1 is 1.19 bits per heavy atom. The summed E-state index contributed by atoms with van der Waals surface area (Å²) in [6, 6.07) is 9.74. The van der Waals surface area contributed by atoms with Gasteiger partial charge in [-0.1, -0.05) is 56.0 Å². The molecule has 0 unspecified atom stereocenters. The van der Waals surface area contributed by atoms with Crippen LogP contribution in [0.3, 0.4) is 0 Å². The van der Waals surface area contributed by atoms with Gasteiger partial charge >= 0.3 is 0 Å². The van der Waals surface area contributed by atoms with Gasteiger partial charge in [0.1, 0.15) is 0 Å². The van der Waals surface area contributed by atoms with Crippen molar-refractivity contribution in [2.24, 2.45) is 11.7 Å². The van der Waals surface area contributed by atoms with Crippen molar-refractivity contribution in [1.29, 1.82) is 0 Å². The first-order valence-corrected chi connectivity index (χ1v) is 8.26. The van der Waals surface area contributed by atoms with Crippen LogP contribution in [-0.4, -0.2) is 18.0 Å². The summed E-state index contributed by atoms with van der Waals surface area (Å²) in [6.45, 7) is 2.13. The molecule has 1 aromatic rings. The second kappa shape index (κ2) is 8.18. The van der Waals surface area contributed by atoms with Crippen LogP contribution < -0.4 is 11.1 Å². The van der Waals surface area contributed by atoms with Crippen molar-refractivity contribution in [3.63, 3.8) is 0 Å². The molecule has 1 saturated carbocycles. The van der Waals surface area contributed by atoms with Gasteiger partial charge in [0.15, 0.2) is 0 Å². The molecule has 3 nitrogen and oxygen atoms in total. The van der Waals surface area contributed by atoms with Crippen LogP contribution >= 0.6 is 0 Å². The fourth-order valence-corrected chi connectivity index (χ4v) is 3.22. The maximum atomic E-state index is 12.3. The zero-order valence-corrected chi connectivity index (χ0v) is 13.1. The number of carbonyl (C=O) groups is 1. The Bertz CT molecular complexity index is 424. The molecule has 1 fully saturated rings. The largest absolute Gasteiger partial charge is 0.352 e. The second-order valence-electron chi connectivity index (χ2n) is 6.35. The van der Waals surface area contributed by atoms with Crippen molar-refractivity contribution in [2.45, 2.75) is 64.0 Å². The summed E-state index contributed by atoms with van der Waals surface area (Å²) in [5.74, 6) is 0.593. The van der Waals surface area contributed by atoms with E-state index in [1.807, 2.05) is 30.3 Å². The van der Waals surface area contributed by atoms with Gasteiger partial charge in [0.2, 0.25) is 5.91 Å². The normalized spacial score (nSPS) is 19.5. The van der Waals surface area contributed by atoms with Gasteiger partial charge in [0, 0.05) is 6.04 Å². The van der Waals surface area contributed by atoms with E-state index in [0.29, 0.717) is 12.3 Å². The first-order chi connectivity index (χ1) is 10.2. The minimum Gasteiger partial charge on any atom is -0.352 e. The average molecular weight is 288 g/mol. The smallest absolute Gasteiger partial charge is 0.237 e. The van der Waals surface area contributed by atoms with Gasteiger partial charge in [-0.15, -0.1) is 0 Å². The van der Waals surface area contributed by atoms with Crippen molar-refractivity contribution in [2.75, 3.05) is 0 Å². The van der Waals surface area contributed by atoms with Crippen LogP contribution in [0.25, 0.3) is 0 Å². The molecule has 3 heteroatoms. The SMILES string of the molecule is C[C@@H](NC(=O)[C@@H](N)Cc1ccccc1)C1CCCCCC1. The maximum absolute atomic E-state index is 12.3. The van der Waals surface area contributed by atoms with Gasteiger partial charge in [0.25, 0.3) is 0 Å². The fraction of sp³-hybridized carbons (Fsp3) is 0.611. The number of nitrogens with one attached hydrogen (secondary N) is 1. The molecule has 0 aliphatic heterocycles. The molecular formula is C18H28N2O. The van der Waals surface area contributed by atoms with Gasteiger partial charge in [0.05, 0.1) is 6.04 Å². The van der Waals surface area contributed by atoms with Crippen LogP contribution in [0.4, 0.5) is 0 Å². The molecule has 3 N–H and O–H groups in total. The summed E-state index contributed by atoms with van der Waals surface area (Å²) in [4.78, 5) is 12.3. The summed E-state index contributed by atoms with van der Waals surface area (Å²) in [5.41, 5.74) is 7.16. The molecule has 1 aromatic carbocycles. The summed E-state index contributed by atoms with van der Waals surface area (Å²) in [5, 5.41) is 3.13. The Morgan fingerprint density at radius 3 is 2.43 bits per heavy atom. The van der Waals surface area contributed by atoms with E-state index in [-0.39, 0.29) is 11.9 Å². The van der Waals surface area contributed by atoms with Gasteiger partial charge in [-0.2, -0.15) is 0 Å². The number of nitrogens with two attached hydrogens (primary N) is 1. The van der Waals surface area contributed by atoms with Crippen LogP contribution in [-0.2, 0) is 11.2 Å². The molecular weight excluding hydrogens is 260 g/mol. The summed E-state index contributed by atoms with van der Waals surface area (Å²) >= 11 is 0. The van der Waals surface area contributed by atoms with E-state index in [1.54, 1.807) is 0 Å². The topological polar surface area (TPSA) is 55.1 Å². The number of amides is 1. The minimum atomic E-state index is -0.458. The molecule has 2 rings (SSSR count). The van der Waals surface area contributed by atoms with Gasteiger partial charge < -0.3 is 11.1 Å². The second-order valence-corrected chi connectivity index (χ2v) is 6.35. The Labute approximate surface area is 128 Å².